The summed E-state index contributed by atoms with van der Waals surface area (Å²) < 4.78 is 2.34. The largest absolute Gasteiger partial charge is 0.343 e. The lowest BCUT2D eigenvalue weighted by atomic mass is 9.96. The predicted molar refractivity (Wildman–Crippen MR) is 126 cm³/mol. The van der Waals surface area contributed by atoms with Crippen LogP contribution >= 0.6 is 0 Å². The van der Waals surface area contributed by atoms with Crippen molar-refractivity contribution in [2.24, 2.45) is 5.92 Å². The fraction of sp³-hybridized carbons (Fsp3) is 0.346. The Morgan fingerprint density at radius 1 is 1.09 bits per heavy atom. The van der Waals surface area contributed by atoms with Gasteiger partial charge in [0.2, 0.25) is 5.91 Å². The van der Waals surface area contributed by atoms with Gasteiger partial charge < -0.3 is 9.47 Å². The molecular formula is C26H29N5O. The topological polar surface area (TPSA) is 66.8 Å². The van der Waals surface area contributed by atoms with E-state index in [2.05, 4.69) is 56.9 Å². The number of carbonyl (C=O) groups excluding carboxylic acids is 1. The number of nitrogens with one attached hydrogen (secondary N) is 1. The van der Waals surface area contributed by atoms with Crippen LogP contribution in [-0.2, 0) is 17.8 Å². The third kappa shape index (κ3) is 4.31. The highest BCUT2D eigenvalue weighted by Gasteiger charge is 2.24. The van der Waals surface area contributed by atoms with Gasteiger partial charge >= 0.3 is 0 Å². The van der Waals surface area contributed by atoms with Gasteiger partial charge in [-0.15, -0.1) is 0 Å². The van der Waals surface area contributed by atoms with E-state index in [1.54, 1.807) is 0 Å². The third-order valence-corrected chi connectivity index (χ3v) is 6.65. The minimum absolute atomic E-state index is 0.281. The molecular weight excluding hydrogens is 398 g/mol. The maximum absolute atomic E-state index is 12.7. The van der Waals surface area contributed by atoms with Crippen LogP contribution in [0.25, 0.3) is 22.2 Å². The summed E-state index contributed by atoms with van der Waals surface area (Å²) in [6.45, 7) is 4.75. The van der Waals surface area contributed by atoms with Crippen molar-refractivity contribution in [3.05, 3.63) is 72.3 Å². The van der Waals surface area contributed by atoms with Crippen LogP contribution in [0.3, 0.4) is 0 Å². The Labute approximate surface area is 188 Å². The molecule has 1 aliphatic heterocycles. The molecule has 4 aromatic rings. The zero-order chi connectivity index (χ0) is 21.9. The maximum atomic E-state index is 12.7. The second-order valence-electron chi connectivity index (χ2n) is 8.77. The molecule has 1 N–H and O–H groups in total. The first-order valence-corrected chi connectivity index (χ1v) is 11.4. The highest BCUT2D eigenvalue weighted by molar-refractivity contribution is 5.82. The molecule has 0 atom stereocenters. The van der Waals surface area contributed by atoms with Gasteiger partial charge in [-0.05, 0) is 55.4 Å². The smallest absolute Gasteiger partial charge is 0.222 e. The molecule has 2 aromatic carbocycles. The molecule has 0 unspecified atom stereocenters. The molecule has 2 aromatic heterocycles. The third-order valence-electron chi connectivity index (χ3n) is 6.65. The van der Waals surface area contributed by atoms with Gasteiger partial charge in [0.1, 0.15) is 5.82 Å². The molecule has 32 heavy (non-hydrogen) atoms. The Morgan fingerprint density at radius 2 is 1.91 bits per heavy atom. The quantitative estimate of drug-likeness (QED) is 0.489. The minimum Gasteiger partial charge on any atom is -0.343 e. The number of piperidine rings is 1. The second kappa shape index (κ2) is 8.99. The predicted octanol–water partition coefficient (Wildman–Crippen LogP) is 4.61. The Kier molecular flexibility index (Phi) is 5.75. The summed E-state index contributed by atoms with van der Waals surface area (Å²) >= 11 is 0. The molecule has 1 fully saturated rings. The van der Waals surface area contributed by atoms with Crippen LogP contribution in [0.2, 0.25) is 0 Å². The van der Waals surface area contributed by atoms with Crippen molar-refractivity contribution in [2.45, 2.75) is 39.2 Å². The molecule has 0 bridgehead atoms. The van der Waals surface area contributed by atoms with Crippen molar-refractivity contribution in [2.75, 3.05) is 13.1 Å². The summed E-state index contributed by atoms with van der Waals surface area (Å²) in [6, 6.07) is 16.7. The summed E-state index contributed by atoms with van der Waals surface area (Å²) in [5.41, 5.74) is 5.63. The van der Waals surface area contributed by atoms with E-state index in [0.29, 0.717) is 12.3 Å². The van der Waals surface area contributed by atoms with Crippen LogP contribution in [0.4, 0.5) is 0 Å². The summed E-state index contributed by atoms with van der Waals surface area (Å²) in [7, 11) is 0. The van der Waals surface area contributed by atoms with Crippen LogP contribution in [0.5, 0.6) is 0 Å². The Morgan fingerprint density at radius 3 is 2.66 bits per heavy atom. The standard InChI is InChI=1S/C26H29N5O/c1-19-29-24-15-22(23-16-27-28-17-23)8-9-25(24)31(19)18-21-11-13-30(14-12-21)26(32)10-7-20-5-3-2-4-6-20/h2-6,8-9,15-17,21H,7,10-14,18H2,1H3,(H,27,28). The van der Waals surface area contributed by atoms with Crippen molar-refractivity contribution in [1.29, 1.82) is 0 Å². The first-order valence-electron chi connectivity index (χ1n) is 11.4. The number of amides is 1. The van der Waals surface area contributed by atoms with Crippen LogP contribution in [-0.4, -0.2) is 43.6 Å². The highest BCUT2D eigenvalue weighted by atomic mass is 16.2. The number of hydrogen-bond donors (Lipinski definition) is 1. The molecule has 1 saturated heterocycles. The van der Waals surface area contributed by atoms with Gasteiger partial charge in [-0.2, -0.15) is 5.10 Å². The summed E-state index contributed by atoms with van der Waals surface area (Å²) in [5.74, 6) is 1.90. The molecule has 1 aliphatic rings. The van der Waals surface area contributed by atoms with E-state index in [1.165, 1.54) is 11.1 Å². The number of aryl methyl sites for hydroxylation is 2. The molecule has 0 radical (unpaired) electrons. The van der Waals surface area contributed by atoms with Crippen molar-refractivity contribution in [3.8, 4) is 11.1 Å². The molecule has 0 saturated carbocycles. The maximum Gasteiger partial charge on any atom is 0.222 e. The van der Waals surface area contributed by atoms with Crippen molar-refractivity contribution in [1.82, 2.24) is 24.6 Å². The number of nitrogens with zero attached hydrogens (tertiary/aromatic N) is 4. The summed E-state index contributed by atoms with van der Waals surface area (Å²) in [4.78, 5) is 19.5. The van der Waals surface area contributed by atoms with E-state index in [-0.39, 0.29) is 5.91 Å². The molecule has 3 heterocycles. The van der Waals surface area contributed by atoms with E-state index in [0.717, 1.165) is 61.4 Å². The molecule has 6 heteroatoms. The normalized spacial score (nSPS) is 14.8. The average Bonchev–Trinajstić information content (AvgIpc) is 3.47. The number of aromatic nitrogens is 4. The highest BCUT2D eigenvalue weighted by Crippen LogP contribution is 2.27. The van der Waals surface area contributed by atoms with Crippen molar-refractivity contribution in [3.63, 3.8) is 0 Å². The van der Waals surface area contributed by atoms with Crippen molar-refractivity contribution >= 4 is 16.9 Å². The number of carbonyl (C=O) groups is 1. The Balaban J connectivity index is 1.19. The lowest BCUT2D eigenvalue weighted by Crippen LogP contribution is -2.39. The van der Waals surface area contributed by atoms with E-state index in [9.17, 15) is 4.79 Å². The number of imidazole rings is 1. The van der Waals surface area contributed by atoms with Gasteiger partial charge in [-0.1, -0.05) is 36.4 Å². The lowest BCUT2D eigenvalue weighted by Gasteiger charge is -2.32. The number of likely N-dealkylation sites (tertiary alicyclic amines) is 1. The van der Waals surface area contributed by atoms with E-state index >= 15 is 0 Å². The Bertz CT molecular complexity index is 1190. The summed E-state index contributed by atoms with van der Waals surface area (Å²) in [5, 5.41) is 6.92. The second-order valence-corrected chi connectivity index (χ2v) is 8.77. The van der Waals surface area contributed by atoms with Crippen LogP contribution in [0, 0.1) is 12.8 Å². The fourth-order valence-corrected chi connectivity index (χ4v) is 4.75. The molecule has 0 aliphatic carbocycles. The van der Waals surface area contributed by atoms with Gasteiger partial charge in [0, 0.05) is 37.8 Å². The number of hydrogen-bond acceptors (Lipinski definition) is 3. The molecule has 5 rings (SSSR count). The number of fused-ring (bicyclic) bond motifs is 1. The van der Waals surface area contributed by atoms with Gasteiger partial charge in [0.15, 0.2) is 0 Å². The Hall–Kier alpha value is -3.41. The van der Waals surface area contributed by atoms with E-state index < -0.39 is 0 Å². The SMILES string of the molecule is Cc1nc2cc(-c3cn[nH]c3)ccc2n1CC1CCN(C(=O)CCc2ccccc2)CC1. The molecule has 1 amide bonds. The molecule has 164 valence electrons. The number of benzene rings is 2. The van der Waals surface area contributed by atoms with Gasteiger partial charge in [-0.3, -0.25) is 9.89 Å². The number of aromatic amines is 1. The first-order chi connectivity index (χ1) is 15.7. The number of rotatable bonds is 6. The van der Waals surface area contributed by atoms with E-state index in [4.69, 9.17) is 4.98 Å². The first kappa shape index (κ1) is 20.5. The van der Waals surface area contributed by atoms with Crippen LogP contribution in [0.1, 0.15) is 30.7 Å². The summed E-state index contributed by atoms with van der Waals surface area (Å²) in [6.07, 6.45) is 7.24. The number of H-pyrrole nitrogens is 1. The van der Waals surface area contributed by atoms with Crippen LogP contribution < -0.4 is 0 Å². The molecule has 6 nitrogen and oxygen atoms in total. The van der Waals surface area contributed by atoms with Gasteiger partial charge in [-0.25, -0.2) is 4.98 Å². The average molecular weight is 428 g/mol. The van der Waals surface area contributed by atoms with E-state index in [1.807, 2.05) is 30.6 Å². The van der Waals surface area contributed by atoms with Crippen LogP contribution in [0.15, 0.2) is 60.9 Å². The monoisotopic (exact) mass is 427 g/mol. The zero-order valence-electron chi connectivity index (χ0n) is 18.5. The van der Waals surface area contributed by atoms with Gasteiger partial charge in [0.05, 0.1) is 17.2 Å². The molecule has 0 spiro atoms. The minimum atomic E-state index is 0.281. The van der Waals surface area contributed by atoms with Crippen molar-refractivity contribution < 1.29 is 4.79 Å². The lowest BCUT2D eigenvalue weighted by molar-refractivity contribution is -0.132. The van der Waals surface area contributed by atoms with Gasteiger partial charge in [0.25, 0.3) is 0 Å². The zero-order valence-corrected chi connectivity index (χ0v) is 18.5. The fourth-order valence-electron chi connectivity index (χ4n) is 4.75.